The maximum Gasteiger partial charge on any atom is 0.404 e. The number of nitrogens with two attached hydrogens (primary N) is 1. The average Bonchev–Trinajstić information content (AvgIpc) is 2.45. The molecule has 4 nitrogen and oxygen atoms in total. The Kier molecular flexibility index (Phi) is 8.14. The van der Waals surface area contributed by atoms with Crippen molar-refractivity contribution >= 4 is 17.9 Å². The van der Waals surface area contributed by atoms with E-state index >= 15 is 0 Å². The van der Waals surface area contributed by atoms with Crippen LogP contribution >= 0.6 is 11.8 Å². The Morgan fingerprint density at radius 3 is 2.65 bits per heavy atom. The Labute approximate surface area is 124 Å². The molecular weight excluding hydrogens is 274 g/mol. The minimum atomic E-state index is -0.724. The number of benzene rings is 1. The maximum absolute atomic E-state index is 11.0. The van der Waals surface area contributed by atoms with E-state index in [0.717, 1.165) is 29.9 Å². The van der Waals surface area contributed by atoms with Crippen molar-refractivity contribution in [1.82, 2.24) is 0 Å². The number of primary amides is 1. The van der Waals surface area contributed by atoms with E-state index in [0.29, 0.717) is 0 Å². The molecule has 0 aliphatic carbocycles. The van der Waals surface area contributed by atoms with Crippen molar-refractivity contribution < 1.29 is 14.6 Å². The molecular formula is C15H23NO3S. The zero-order chi connectivity index (χ0) is 14.8. The molecule has 0 aliphatic rings. The van der Waals surface area contributed by atoms with E-state index in [2.05, 4.69) is 0 Å². The minimum Gasteiger partial charge on any atom is -0.446 e. The van der Waals surface area contributed by atoms with Crippen LogP contribution in [0, 0.1) is 0 Å². The van der Waals surface area contributed by atoms with Crippen LogP contribution in [0.1, 0.15) is 31.2 Å². The highest BCUT2D eigenvalue weighted by Gasteiger charge is 2.21. The van der Waals surface area contributed by atoms with Gasteiger partial charge in [-0.3, -0.25) is 0 Å². The largest absolute Gasteiger partial charge is 0.446 e. The third-order valence-electron chi connectivity index (χ3n) is 3.14. The lowest BCUT2D eigenvalue weighted by atomic mass is 9.94. The monoisotopic (exact) mass is 297 g/mol. The topological polar surface area (TPSA) is 72.6 Å². The van der Waals surface area contributed by atoms with E-state index in [4.69, 9.17) is 15.6 Å². The molecule has 1 rings (SSSR count). The fourth-order valence-corrected chi connectivity index (χ4v) is 2.94. The fraction of sp³-hybridized carbons (Fsp3) is 0.533. The molecule has 3 N–H and O–H groups in total. The van der Waals surface area contributed by atoms with Crippen molar-refractivity contribution in [2.45, 2.75) is 31.8 Å². The number of hydrogen-bond acceptors (Lipinski definition) is 4. The quantitative estimate of drug-likeness (QED) is 0.687. The minimum absolute atomic E-state index is 0.113. The standard InChI is InChI=1S/C15H23NO3S/c1-12(13-6-3-2-4-7-13)14(19-15(16)18)8-11-20-10-5-9-17/h2-4,6-7,12,14,17H,5,8-11H2,1H3,(H2,16,18)/t12-,14?/m0/s1. The number of carbonyl (C=O) groups excluding carboxylic acids is 1. The van der Waals surface area contributed by atoms with E-state index in [1.165, 1.54) is 0 Å². The van der Waals surface area contributed by atoms with Gasteiger partial charge in [-0.15, -0.1) is 0 Å². The van der Waals surface area contributed by atoms with Crippen LogP contribution in [0.25, 0.3) is 0 Å². The Bertz CT molecular complexity index is 386. The molecule has 112 valence electrons. The second kappa shape index (κ2) is 9.66. The van der Waals surface area contributed by atoms with Crippen LogP contribution in [-0.4, -0.2) is 35.4 Å². The van der Waals surface area contributed by atoms with Crippen LogP contribution in [0.2, 0.25) is 0 Å². The number of amides is 1. The summed E-state index contributed by atoms with van der Waals surface area (Å²) in [6, 6.07) is 9.97. The van der Waals surface area contributed by atoms with Crippen LogP contribution in [0.4, 0.5) is 4.79 Å². The van der Waals surface area contributed by atoms with Gasteiger partial charge in [0.25, 0.3) is 0 Å². The highest BCUT2D eigenvalue weighted by Crippen LogP contribution is 2.25. The first kappa shape index (κ1) is 16.9. The van der Waals surface area contributed by atoms with Crippen LogP contribution in [0.5, 0.6) is 0 Å². The number of ether oxygens (including phenoxy) is 1. The van der Waals surface area contributed by atoms with Gasteiger partial charge in [0.1, 0.15) is 6.10 Å². The van der Waals surface area contributed by atoms with Crippen LogP contribution < -0.4 is 5.73 Å². The van der Waals surface area contributed by atoms with E-state index in [1.54, 1.807) is 11.8 Å². The van der Waals surface area contributed by atoms with Crippen molar-refractivity contribution in [1.29, 1.82) is 0 Å². The summed E-state index contributed by atoms with van der Waals surface area (Å²) in [5.41, 5.74) is 6.30. The first-order valence-corrected chi connectivity index (χ1v) is 8.00. The number of aliphatic hydroxyl groups excluding tert-OH is 1. The van der Waals surface area contributed by atoms with Crippen LogP contribution in [0.15, 0.2) is 30.3 Å². The Morgan fingerprint density at radius 2 is 2.05 bits per heavy atom. The van der Waals surface area contributed by atoms with Crippen molar-refractivity contribution in [3.63, 3.8) is 0 Å². The third-order valence-corrected chi connectivity index (χ3v) is 4.25. The van der Waals surface area contributed by atoms with Gasteiger partial charge in [0.15, 0.2) is 0 Å². The molecule has 0 bridgehead atoms. The summed E-state index contributed by atoms with van der Waals surface area (Å²) in [7, 11) is 0. The van der Waals surface area contributed by atoms with Crippen LogP contribution in [-0.2, 0) is 4.74 Å². The van der Waals surface area contributed by atoms with Crippen molar-refractivity contribution in [3.8, 4) is 0 Å². The zero-order valence-corrected chi connectivity index (χ0v) is 12.6. The van der Waals surface area contributed by atoms with Crippen molar-refractivity contribution in [2.75, 3.05) is 18.1 Å². The van der Waals surface area contributed by atoms with Gasteiger partial charge in [-0.05, 0) is 29.9 Å². The number of aliphatic hydroxyl groups is 1. The summed E-state index contributed by atoms with van der Waals surface area (Å²) in [6.07, 6.45) is 0.615. The lowest BCUT2D eigenvalue weighted by molar-refractivity contribution is 0.0910. The van der Waals surface area contributed by atoms with Gasteiger partial charge in [0, 0.05) is 12.5 Å². The van der Waals surface area contributed by atoms with Gasteiger partial charge in [-0.1, -0.05) is 37.3 Å². The Hall–Kier alpha value is -1.20. The fourth-order valence-electron chi connectivity index (χ4n) is 2.00. The summed E-state index contributed by atoms with van der Waals surface area (Å²) in [4.78, 5) is 11.0. The van der Waals surface area contributed by atoms with Gasteiger partial charge in [-0.25, -0.2) is 4.79 Å². The molecule has 2 atom stereocenters. The van der Waals surface area contributed by atoms with E-state index in [-0.39, 0.29) is 18.6 Å². The molecule has 0 aliphatic heterocycles. The summed E-state index contributed by atoms with van der Waals surface area (Å²) < 4.78 is 5.25. The number of rotatable bonds is 9. The second-order valence-corrected chi connectivity index (χ2v) is 5.88. The number of hydrogen-bond donors (Lipinski definition) is 2. The molecule has 0 radical (unpaired) electrons. The SMILES string of the molecule is C[C@@H](c1ccccc1)C(CCSCCCO)OC(N)=O. The predicted octanol–water partition coefficient (Wildman–Crippen LogP) is 2.76. The maximum atomic E-state index is 11.0. The Balaban J connectivity index is 2.52. The van der Waals surface area contributed by atoms with Gasteiger partial charge >= 0.3 is 6.09 Å². The molecule has 0 saturated carbocycles. The highest BCUT2D eigenvalue weighted by atomic mass is 32.2. The first-order valence-electron chi connectivity index (χ1n) is 6.84. The lowest BCUT2D eigenvalue weighted by Crippen LogP contribution is -2.28. The molecule has 1 amide bonds. The van der Waals surface area contributed by atoms with Gasteiger partial charge in [0.2, 0.25) is 0 Å². The van der Waals surface area contributed by atoms with Gasteiger partial charge < -0.3 is 15.6 Å². The number of carbonyl (C=O) groups is 1. The summed E-state index contributed by atoms with van der Waals surface area (Å²) in [5.74, 6) is 1.91. The highest BCUT2D eigenvalue weighted by molar-refractivity contribution is 7.99. The number of thioether (sulfide) groups is 1. The molecule has 5 heteroatoms. The van der Waals surface area contributed by atoms with Gasteiger partial charge in [-0.2, -0.15) is 11.8 Å². The Morgan fingerprint density at radius 1 is 1.35 bits per heavy atom. The molecule has 0 fully saturated rings. The molecule has 0 spiro atoms. The molecule has 0 saturated heterocycles. The summed E-state index contributed by atoms with van der Waals surface area (Å²) >= 11 is 1.75. The molecule has 1 aromatic rings. The molecule has 20 heavy (non-hydrogen) atoms. The predicted molar refractivity (Wildman–Crippen MR) is 83.0 cm³/mol. The average molecular weight is 297 g/mol. The van der Waals surface area contributed by atoms with Crippen LogP contribution in [0.3, 0.4) is 0 Å². The second-order valence-electron chi connectivity index (χ2n) is 4.65. The molecule has 0 heterocycles. The molecule has 1 unspecified atom stereocenters. The first-order chi connectivity index (χ1) is 9.65. The summed E-state index contributed by atoms with van der Waals surface area (Å²) in [5, 5.41) is 8.73. The lowest BCUT2D eigenvalue weighted by Gasteiger charge is -2.23. The van der Waals surface area contributed by atoms with E-state index in [1.807, 2.05) is 37.3 Å². The summed E-state index contributed by atoms with van der Waals surface area (Å²) in [6.45, 7) is 2.26. The molecule has 0 aromatic heterocycles. The zero-order valence-electron chi connectivity index (χ0n) is 11.8. The molecule has 1 aromatic carbocycles. The van der Waals surface area contributed by atoms with E-state index in [9.17, 15) is 4.79 Å². The normalized spacial score (nSPS) is 13.7. The van der Waals surface area contributed by atoms with E-state index < -0.39 is 6.09 Å². The third kappa shape index (κ3) is 6.30. The smallest absolute Gasteiger partial charge is 0.404 e. The van der Waals surface area contributed by atoms with Crippen molar-refractivity contribution in [2.24, 2.45) is 5.73 Å². The van der Waals surface area contributed by atoms with Crippen molar-refractivity contribution in [3.05, 3.63) is 35.9 Å². The van der Waals surface area contributed by atoms with Gasteiger partial charge in [0.05, 0.1) is 0 Å².